The van der Waals surface area contributed by atoms with Crippen LogP contribution in [0.3, 0.4) is 0 Å². The molecular weight excluding hydrogens is 344 g/mol. The first kappa shape index (κ1) is 17.4. The minimum Gasteiger partial charge on any atom is -0.374 e. The first-order chi connectivity index (χ1) is 13.2. The third-order valence-corrected chi connectivity index (χ3v) is 4.69. The van der Waals surface area contributed by atoms with Crippen LogP contribution in [0.25, 0.3) is 5.82 Å². The van der Waals surface area contributed by atoms with Gasteiger partial charge in [0.1, 0.15) is 0 Å². The van der Waals surface area contributed by atoms with Gasteiger partial charge in [0.25, 0.3) is 5.91 Å². The third kappa shape index (κ3) is 3.75. The molecule has 4 heterocycles. The Hall–Kier alpha value is -3.00. The lowest BCUT2D eigenvalue weighted by molar-refractivity contribution is 0.0367. The van der Waals surface area contributed by atoms with Crippen LogP contribution in [0.15, 0.2) is 49.1 Å². The van der Waals surface area contributed by atoms with Gasteiger partial charge in [0.15, 0.2) is 5.82 Å². The molecule has 1 aliphatic heterocycles. The highest BCUT2D eigenvalue weighted by Gasteiger charge is 2.26. The molecular formula is C19H22N6O2. The zero-order chi connectivity index (χ0) is 18.6. The van der Waals surface area contributed by atoms with Gasteiger partial charge >= 0.3 is 0 Å². The summed E-state index contributed by atoms with van der Waals surface area (Å²) in [4.78, 5) is 19.3. The maximum Gasteiger partial charge on any atom is 0.257 e. The second-order valence-electron chi connectivity index (χ2n) is 6.57. The molecule has 0 aromatic carbocycles. The smallest absolute Gasteiger partial charge is 0.257 e. The molecule has 8 heteroatoms. The lowest BCUT2D eigenvalue weighted by Crippen LogP contribution is -2.38. The van der Waals surface area contributed by atoms with Gasteiger partial charge in [-0.3, -0.25) is 9.48 Å². The predicted octanol–water partition coefficient (Wildman–Crippen LogP) is 1.70. The Bertz CT molecular complexity index is 890. The van der Waals surface area contributed by atoms with Gasteiger partial charge < -0.3 is 9.64 Å². The number of rotatable bonds is 4. The Balaban J connectivity index is 1.52. The summed E-state index contributed by atoms with van der Waals surface area (Å²) >= 11 is 0. The lowest BCUT2D eigenvalue weighted by Gasteiger charge is -2.24. The fourth-order valence-corrected chi connectivity index (χ4v) is 3.31. The molecule has 8 nitrogen and oxygen atoms in total. The molecule has 3 aromatic heterocycles. The Morgan fingerprint density at radius 1 is 1.26 bits per heavy atom. The highest BCUT2D eigenvalue weighted by atomic mass is 16.5. The number of carbonyl (C=O) groups excluding carboxylic acids is 1. The van der Waals surface area contributed by atoms with Crippen molar-refractivity contribution in [3.05, 3.63) is 60.3 Å². The maximum atomic E-state index is 13.1. The van der Waals surface area contributed by atoms with E-state index in [1.165, 1.54) is 0 Å². The number of hydrogen-bond acceptors (Lipinski definition) is 5. The monoisotopic (exact) mass is 366 g/mol. The van der Waals surface area contributed by atoms with Crippen LogP contribution in [0.1, 0.15) is 22.5 Å². The minimum atomic E-state index is -0.0810. The first-order valence-electron chi connectivity index (χ1n) is 9.06. The highest BCUT2D eigenvalue weighted by molar-refractivity contribution is 5.95. The van der Waals surface area contributed by atoms with Gasteiger partial charge in [0, 0.05) is 38.3 Å². The van der Waals surface area contributed by atoms with Crippen LogP contribution < -0.4 is 0 Å². The van der Waals surface area contributed by atoms with Crippen LogP contribution in [-0.4, -0.2) is 61.2 Å². The second kappa shape index (κ2) is 7.71. The summed E-state index contributed by atoms with van der Waals surface area (Å²) < 4.78 is 9.45. The molecule has 27 heavy (non-hydrogen) atoms. The van der Waals surface area contributed by atoms with E-state index in [0.29, 0.717) is 37.6 Å². The molecule has 4 rings (SSSR count). The molecule has 0 saturated carbocycles. The first-order valence-corrected chi connectivity index (χ1v) is 9.06. The van der Waals surface area contributed by atoms with Gasteiger partial charge in [-0.1, -0.05) is 6.07 Å². The van der Waals surface area contributed by atoms with E-state index in [1.807, 2.05) is 47.0 Å². The summed E-state index contributed by atoms with van der Waals surface area (Å²) in [7, 11) is 0. The van der Waals surface area contributed by atoms with E-state index in [0.717, 1.165) is 12.1 Å². The van der Waals surface area contributed by atoms with Crippen LogP contribution >= 0.6 is 0 Å². The minimum absolute atomic E-state index is 0.0225. The van der Waals surface area contributed by atoms with Gasteiger partial charge in [-0.15, -0.1) is 0 Å². The summed E-state index contributed by atoms with van der Waals surface area (Å²) in [5.74, 6) is 0.676. The van der Waals surface area contributed by atoms with E-state index in [9.17, 15) is 4.79 Å². The van der Waals surface area contributed by atoms with Crippen molar-refractivity contribution in [1.82, 2.24) is 29.4 Å². The molecule has 0 aliphatic carbocycles. The molecule has 1 aliphatic rings. The Kier molecular flexibility index (Phi) is 4.97. The van der Waals surface area contributed by atoms with Gasteiger partial charge in [-0.2, -0.15) is 10.2 Å². The number of ether oxygens (including phenoxy) is 1. The molecule has 0 spiro atoms. The van der Waals surface area contributed by atoms with E-state index < -0.39 is 0 Å². The number of amides is 1. The molecule has 1 atom stereocenters. The van der Waals surface area contributed by atoms with Crippen LogP contribution in [0.5, 0.6) is 0 Å². The van der Waals surface area contributed by atoms with Gasteiger partial charge in [-0.05, 0) is 31.5 Å². The van der Waals surface area contributed by atoms with E-state index >= 15 is 0 Å². The number of pyridine rings is 1. The van der Waals surface area contributed by atoms with Crippen molar-refractivity contribution >= 4 is 5.91 Å². The second-order valence-corrected chi connectivity index (χ2v) is 6.57. The summed E-state index contributed by atoms with van der Waals surface area (Å²) in [5.41, 5.74) is 1.38. The zero-order valence-corrected chi connectivity index (χ0v) is 15.2. The van der Waals surface area contributed by atoms with E-state index in [4.69, 9.17) is 4.74 Å². The standard InChI is InChI=1S/C19H22N6O2/c1-15-17(12-22-25(15)18-6-2-3-7-20-18)19(26)23-9-5-11-27-16(13-23)14-24-10-4-8-21-24/h2-4,6-8,10,12,16H,5,9,11,13-14H2,1H3/t16-/m1/s1. The van der Waals surface area contributed by atoms with E-state index in [2.05, 4.69) is 15.2 Å². The Morgan fingerprint density at radius 3 is 2.96 bits per heavy atom. The van der Waals surface area contributed by atoms with E-state index in [1.54, 1.807) is 23.3 Å². The van der Waals surface area contributed by atoms with Gasteiger partial charge in [0.05, 0.1) is 30.1 Å². The zero-order valence-electron chi connectivity index (χ0n) is 15.2. The fourth-order valence-electron chi connectivity index (χ4n) is 3.31. The van der Waals surface area contributed by atoms with Crippen molar-refractivity contribution < 1.29 is 9.53 Å². The predicted molar refractivity (Wildman–Crippen MR) is 98.6 cm³/mol. The number of nitrogens with zero attached hydrogens (tertiary/aromatic N) is 6. The van der Waals surface area contributed by atoms with E-state index in [-0.39, 0.29) is 12.0 Å². The lowest BCUT2D eigenvalue weighted by atomic mass is 10.2. The molecule has 1 amide bonds. The van der Waals surface area contributed by atoms with Crippen molar-refractivity contribution in [2.45, 2.75) is 26.0 Å². The van der Waals surface area contributed by atoms with Gasteiger partial charge in [0.2, 0.25) is 0 Å². The molecule has 1 saturated heterocycles. The SMILES string of the molecule is Cc1c(C(=O)N2CCCO[C@@H](Cn3cccn3)C2)cnn1-c1ccccn1. The molecule has 0 N–H and O–H groups in total. The molecule has 0 unspecified atom stereocenters. The van der Waals surface area contributed by atoms with Crippen LogP contribution in [-0.2, 0) is 11.3 Å². The molecule has 3 aromatic rings. The fraction of sp³-hybridized carbons (Fsp3) is 0.368. The largest absolute Gasteiger partial charge is 0.374 e. The topological polar surface area (TPSA) is 78.1 Å². The van der Waals surface area contributed by atoms with Crippen molar-refractivity contribution in [2.24, 2.45) is 0 Å². The number of aromatic nitrogens is 5. The average Bonchev–Trinajstić information content (AvgIpc) is 3.27. The normalized spacial score (nSPS) is 17.7. The van der Waals surface area contributed by atoms with Crippen LogP contribution in [0, 0.1) is 6.92 Å². The summed E-state index contributed by atoms with van der Waals surface area (Å²) in [6.07, 6.45) is 7.72. The highest BCUT2D eigenvalue weighted by Crippen LogP contribution is 2.17. The summed E-state index contributed by atoms with van der Waals surface area (Å²) in [6, 6.07) is 7.51. The summed E-state index contributed by atoms with van der Waals surface area (Å²) in [6.45, 7) is 4.37. The molecule has 1 fully saturated rings. The Morgan fingerprint density at radius 2 is 2.19 bits per heavy atom. The van der Waals surface area contributed by atoms with Crippen molar-refractivity contribution in [3.8, 4) is 5.82 Å². The van der Waals surface area contributed by atoms with Crippen LogP contribution in [0.4, 0.5) is 0 Å². The van der Waals surface area contributed by atoms with Crippen LogP contribution in [0.2, 0.25) is 0 Å². The quantitative estimate of drug-likeness (QED) is 0.702. The Labute approximate surface area is 157 Å². The molecule has 0 bridgehead atoms. The number of carbonyl (C=O) groups is 1. The van der Waals surface area contributed by atoms with Crippen molar-refractivity contribution in [2.75, 3.05) is 19.7 Å². The summed E-state index contributed by atoms with van der Waals surface area (Å²) in [5, 5.41) is 8.60. The third-order valence-electron chi connectivity index (χ3n) is 4.69. The average molecular weight is 366 g/mol. The van der Waals surface area contributed by atoms with Crippen molar-refractivity contribution in [1.29, 1.82) is 0 Å². The number of hydrogen-bond donors (Lipinski definition) is 0. The molecule has 0 radical (unpaired) electrons. The molecule has 140 valence electrons. The van der Waals surface area contributed by atoms with Gasteiger partial charge in [-0.25, -0.2) is 9.67 Å². The van der Waals surface area contributed by atoms with Crippen molar-refractivity contribution in [3.63, 3.8) is 0 Å². The maximum absolute atomic E-state index is 13.1.